The molecule has 4 saturated carbocycles. The van der Waals surface area contributed by atoms with E-state index in [0.29, 0.717) is 31.7 Å². The molecule has 0 aromatic carbocycles. The molecule has 0 unspecified atom stereocenters. The summed E-state index contributed by atoms with van der Waals surface area (Å²) in [6, 6.07) is -3.48. The lowest BCUT2D eigenvalue weighted by molar-refractivity contribution is -0.145. The van der Waals surface area contributed by atoms with Crippen LogP contribution < -0.4 is 26.0 Å². The number of amides is 5. The van der Waals surface area contributed by atoms with Gasteiger partial charge in [-0.1, -0.05) is 66.7 Å². The second-order valence-electron chi connectivity index (χ2n) is 16.8. The van der Waals surface area contributed by atoms with Crippen molar-refractivity contribution < 1.29 is 32.4 Å². The lowest BCUT2D eigenvalue weighted by Gasteiger charge is -2.40. The average Bonchev–Trinajstić information content (AvgIpc) is 3.96. The number of Topliss-reactive ketones (excluding diaryl/α,β-unsaturated/α-hetero) is 1. The number of hydrogen-bond acceptors (Lipinski definition) is 7. The zero-order valence-electron chi connectivity index (χ0n) is 29.4. The van der Waals surface area contributed by atoms with Gasteiger partial charge in [-0.05, 0) is 74.2 Å². The first-order chi connectivity index (χ1) is 22.4. The molecule has 5 N–H and O–H groups in total. The second kappa shape index (κ2) is 13.5. The van der Waals surface area contributed by atoms with E-state index in [9.17, 15) is 32.4 Å². The quantitative estimate of drug-likeness (QED) is 0.173. The highest BCUT2D eigenvalue weighted by molar-refractivity contribution is 7.89. The van der Waals surface area contributed by atoms with Crippen molar-refractivity contribution in [2.24, 2.45) is 28.6 Å². The summed E-state index contributed by atoms with van der Waals surface area (Å²) in [5.74, 6) is -2.01. The van der Waals surface area contributed by atoms with Crippen molar-refractivity contribution in [2.75, 3.05) is 19.3 Å². The topological polar surface area (TPSA) is 183 Å². The Labute approximate surface area is 285 Å². The molecule has 0 radical (unpaired) electrons. The molecule has 5 rings (SSSR count). The number of ketones is 1. The molecule has 1 saturated heterocycles. The average molecular weight is 693 g/mol. The van der Waals surface area contributed by atoms with E-state index in [2.05, 4.69) is 39.8 Å². The number of hydrogen-bond donors (Lipinski definition) is 5. The van der Waals surface area contributed by atoms with Crippen LogP contribution >= 0.6 is 0 Å². The van der Waals surface area contributed by atoms with Crippen molar-refractivity contribution >= 4 is 39.6 Å². The van der Waals surface area contributed by atoms with Crippen molar-refractivity contribution in [1.29, 1.82) is 0 Å². The third-order valence-electron chi connectivity index (χ3n) is 11.4. The van der Waals surface area contributed by atoms with Crippen LogP contribution in [0, 0.1) is 28.6 Å². The monoisotopic (exact) mass is 692 g/mol. The van der Waals surface area contributed by atoms with Gasteiger partial charge in [-0.25, -0.2) is 17.9 Å². The molecular formula is C34H56N6O7S. The largest absolute Gasteiger partial charge is 0.347 e. The number of nitrogens with one attached hydrogen (secondary N) is 5. The molecule has 5 aliphatic rings. The van der Waals surface area contributed by atoms with E-state index in [4.69, 9.17) is 0 Å². The summed E-state index contributed by atoms with van der Waals surface area (Å²) in [5, 5.41) is 11.4. The number of urea groups is 1. The molecule has 1 aliphatic heterocycles. The standard InChI is InChI=1S/C34H56N6O7S/c1-32(2,3)27(38-31(45)39-34(16-8-7-9-17-34)19-48(46,47)35-6)30(44)40-18-22-24(33(22,4)5)25(40)28(42)37-23(15-12-20-10-11-20)26(41)29(43)36-21-13-14-21/h20-25,27,35H,7-19H2,1-6H3,(H,36,43)(H,37,42)(H2,38,39,45)/t22-,23-,24-,25-,27+/m0/s1. The van der Waals surface area contributed by atoms with Crippen molar-refractivity contribution in [1.82, 2.24) is 30.9 Å². The van der Waals surface area contributed by atoms with Gasteiger partial charge in [0.1, 0.15) is 12.1 Å². The summed E-state index contributed by atoms with van der Waals surface area (Å²) in [4.78, 5) is 69.7. The molecule has 0 aromatic heterocycles. The highest BCUT2D eigenvalue weighted by atomic mass is 32.2. The molecule has 14 heteroatoms. The number of piperidine rings is 1. The van der Waals surface area contributed by atoms with Gasteiger partial charge in [0, 0.05) is 12.6 Å². The van der Waals surface area contributed by atoms with Gasteiger partial charge < -0.3 is 26.2 Å². The highest BCUT2D eigenvalue weighted by Gasteiger charge is 2.70. The predicted octanol–water partition coefficient (Wildman–Crippen LogP) is 1.96. The van der Waals surface area contributed by atoms with E-state index in [1.54, 1.807) is 4.90 Å². The van der Waals surface area contributed by atoms with Crippen molar-refractivity contribution in [3.63, 3.8) is 0 Å². The number of rotatable bonds is 14. The Morgan fingerprint density at radius 2 is 1.58 bits per heavy atom. The maximum atomic E-state index is 14.4. The SMILES string of the molecule is CNS(=O)(=O)CC1(NC(=O)N[C@H](C(=O)N2C[C@H]3[C@@H]([C@H]2C(=O)N[C@@H](CCC2CC2)C(=O)C(=O)NC2CC2)C3(C)C)C(C)(C)C)CCCCC1. The summed E-state index contributed by atoms with van der Waals surface area (Å²) in [6.45, 7) is 9.96. The van der Waals surface area contributed by atoms with E-state index in [1.165, 1.54) is 7.05 Å². The number of carbonyl (C=O) groups is 5. The van der Waals surface area contributed by atoms with E-state index in [0.717, 1.165) is 51.4 Å². The first kappa shape index (κ1) is 36.5. The minimum atomic E-state index is -3.63. The third kappa shape index (κ3) is 8.34. The summed E-state index contributed by atoms with van der Waals surface area (Å²) < 4.78 is 27.5. The zero-order chi connectivity index (χ0) is 35.2. The molecule has 1 heterocycles. The lowest BCUT2D eigenvalue weighted by Crippen LogP contribution is -2.64. The van der Waals surface area contributed by atoms with E-state index in [-0.39, 0.29) is 29.0 Å². The lowest BCUT2D eigenvalue weighted by atomic mass is 9.83. The molecule has 5 fully saturated rings. The van der Waals surface area contributed by atoms with Crippen LogP contribution in [0.4, 0.5) is 4.79 Å². The Bertz CT molecular complexity index is 1390. The van der Waals surface area contributed by atoms with Gasteiger partial charge in [0.05, 0.1) is 17.3 Å². The molecule has 5 amide bonds. The molecule has 0 aromatic rings. The van der Waals surface area contributed by atoms with Gasteiger partial charge in [0.25, 0.3) is 5.91 Å². The van der Waals surface area contributed by atoms with Gasteiger partial charge in [0.15, 0.2) is 0 Å². The minimum absolute atomic E-state index is 0.0111. The molecule has 4 aliphatic carbocycles. The molecule has 0 bridgehead atoms. The Balaban J connectivity index is 1.33. The fraction of sp³-hybridized carbons (Fsp3) is 0.853. The Hall–Kier alpha value is -2.74. The predicted molar refractivity (Wildman–Crippen MR) is 180 cm³/mol. The minimum Gasteiger partial charge on any atom is -0.347 e. The second-order valence-corrected chi connectivity index (χ2v) is 18.7. The number of nitrogens with zero attached hydrogens (tertiary/aromatic N) is 1. The van der Waals surface area contributed by atoms with Crippen LogP contribution in [0.25, 0.3) is 0 Å². The molecule has 48 heavy (non-hydrogen) atoms. The van der Waals surface area contributed by atoms with Gasteiger partial charge in [0.2, 0.25) is 27.6 Å². The molecule has 13 nitrogen and oxygen atoms in total. The molecule has 5 atom stereocenters. The van der Waals surface area contributed by atoms with Gasteiger partial charge in [-0.3, -0.25) is 19.2 Å². The van der Waals surface area contributed by atoms with E-state index < -0.39 is 68.6 Å². The highest BCUT2D eigenvalue weighted by Crippen LogP contribution is 2.65. The van der Waals surface area contributed by atoms with Crippen LogP contribution in [0.15, 0.2) is 0 Å². The maximum Gasteiger partial charge on any atom is 0.315 e. The Morgan fingerprint density at radius 3 is 2.15 bits per heavy atom. The summed E-state index contributed by atoms with van der Waals surface area (Å²) in [5.41, 5.74) is -1.91. The molecule has 0 spiro atoms. The van der Waals surface area contributed by atoms with Crippen LogP contribution in [0.1, 0.15) is 105 Å². The van der Waals surface area contributed by atoms with Crippen LogP contribution in [-0.4, -0.2) is 91.9 Å². The third-order valence-corrected chi connectivity index (χ3v) is 13.0. The number of sulfonamides is 1. The van der Waals surface area contributed by atoms with Crippen LogP contribution in [0.3, 0.4) is 0 Å². The Kier molecular flexibility index (Phi) is 10.3. The number of likely N-dealkylation sites (tertiary alicyclic amines) is 1. The van der Waals surface area contributed by atoms with Crippen LogP contribution in [0.2, 0.25) is 0 Å². The van der Waals surface area contributed by atoms with Crippen molar-refractivity contribution in [3.8, 4) is 0 Å². The number of carbonyl (C=O) groups excluding carboxylic acids is 5. The normalized spacial score (nSPS) is 27.2. The first-order valence-corrected chi connectivity index (χ1v) is 19.5. The van der Waals surface area contributed by atoms with Crippen molar-refractivity contribution in [2.45, 2.75) is 135 Å². The van der Waals surface area contributed by atoms with Crippen molar-refractivity contribution in [3.05, 3.63) is 0 Å². The fourth-order valence-corrected chi connectivity index (χ4v) is 9.22. The smallest absolute Gasteiger partial charge is 0.315 e. The summed E-state index contributed by atoms with van der Waals surface area (Å²) in [6.07, 6.45) is 8.43. The van der Waals surface area contributed by atoms with E-state index in [1.807, 2.05) is 20.8 Å². The maximum absolute atomic E-state index is 14.4. The van der Waals surface area contributed by atoms with Crippen LogP contribution in [-0.2, 0) is 29.2 Å². The zero-order valence-corrected chi connectivity index (χ0v) is 30.3. The van der Waals surface area contributed by atoms with Gasteiger partial charge in [-0.15, -0.1) is 0 Å². The van der Waals surface area contributed by atoms with Gasteiger partial charge in [-0.2, -0.15) is 0 Å². The molecule has 270 valence electrons. The summed E-state index contributed by atoms with van der Waals surface area (Å²) >= 11 is 0. The Morgan fingerprint density at radius 1 is 0.938 bits per heavy atom. The summed E-state index contributed by atoms with van der Waals surface area (Å²) in [7, 11) is -2.28. The molecular weight excluding hydrogens is 636 g/mol. The number of fused-ring (bicyclic) bond motifs is 1. The fourth-order valence-electron chi connectivity index (χ4n) is 7.98. The van der Waals surface area contributed by atoms with Crippen LogP contribution in [0.5, 0.6) is 0 Å². The van der Waals surface area contributed by atoms with Gasteiger partial charge >= 0.3 is 6.03 Å². The van der Waals surface area contributed by atoms with E-state index >= 15 is 0 Å². The first-order valence-electron chi connectivity index (χ1n) is 17.8.